The van der Waals surface area contributed by atoms with Gasteiger partial charge in [-0.1, -0.05) is 0 Å². The zero-order valence-electron chi connectivity index (χ0n) is 9.58. The molecule has 2 nitrogen and oxygen atoms in total. The van der Waals surface area contributed by atoms with Gasteiger partial charge in [-0.15, -0.1) is 0 Å². The quantitative estimate of drug-likeness (QED) is 0.737. The molecule has 0 aliphatic heterocycles. The van der Waals surface area contributed by atoms with Gasteiger partial charge in [0.2, 0.25) is 0 Å². The summed E-state index contributed by atoms with van der Waals surface area (Å²) in [5, 5.41) is 4.52. The SMILES string of the molecule is CCOCC(C)NC1CCC(SC)C1. The number of hydrogen-bond acceptors (Lipinski definition) is 3. The van der Waals surface area contributed by atoms with Crippen LogP contribution in [0.25, 0.3) is 0 Å². The van der Waals surface area contributed by atoms with Crippen LogP contribution in [0.2, 0.25) is 0 Å². The van der Waals surface area contributed by atoms with Crippen LogP contribution in [0.1, 0.15) is 33.1 Å². The average molecular weight is 217 g/mol. The van der Waals surface area contributed by atoms with Crippen LogP contribution in [0.15, 0.2) is 0 Å². The molecule has 0 amide bonds. The van der Waals surface area contributed by atoms with Gasteiger partial charge in [-0.2, -0.15) is 11.8 Å². The van der Waals surface area contributed by atoms with Gasteiger partial charge in [0.15, 0.2) is 0 Å². The zero-order valence-corrected chi connectivity index (χ0v) is 10.4. The van der Waals surface area contributed by atoms with E-state index < -0.39 is 0 Å². The fraction of sp³-hybridized carbons (Fsp3) is 1.00. The lowest BCUT2D eigenvalue weighted by molar-refractivity contribution is 0.123. The monoisotopic (exact) mass is 217 g/mol. The van der Waals surface area contributed by atoms with Crippen LogP contribution in [0.4, 0.5) is 0 Å². The van der Waals surface area contributed by atoms with Gasteiger partial charge in [-0.3, -0.25) is 0 Å². The average Bonchev–Trinajstić information content (AvgIpc) is 2.62. The van der Waals surface area contributed by atoms with Gasteiger partial charge in [-0.05, 0) is 39.4 Å². The third-order valence-corrected chi connectivity index (χ3v) is 3.90. The number of ether oxygens (including phenoxy) is 1. The Bertz CT molecular complexity index is 154. The summed E-state index contributed by atoms with van der Waals surface area (Å²) in [6.07, 6.45) is 6.26. The number of nitrogens with one attached hydrogen (secondary N) is 1. The fourth-order valence-electron chi connectivity index (χ4n) is 2.05. The molecule has 0 saturated heterocycles. The smallest absolute Gasteiger partial charge is 0.0616 e. The standard InChI is InChI=1S/C11H23NOS/c1-4-13-8-9(2)12-10-5-6-11(7-10)14-3/h9-12H,4-8H2,1-3H3. The van der Waals surface area contributed by atoms with Gasteiger partial charge in [0.1, 0.15) is 0 Å². The Kier molecular flexibility index (Phi) is 5.90. The lowest BCUT2D eigenvalue weighted by Gasteiger charge is -2.19. The third-order valence-electron chi connectivity index (χ3n) is 2.81. The van der Waals surface area contributed by atoms with E-state index >= 15 is 0 Å². The Morgan fingerprint density at radius 1 is 1.50 bits per heavy atom. The Labute approximate surface area is 92.2 Å². The normalized spacial score (nSPS) is 29.4. The van der Waals surface area contributed by atoms with Gasteiger partial charge in [0, 0.05) is 23.9 Å². The minimum absolute atomic E-state index is 0.501. The molecule has 0 aromatic carbocycles. The van der Waals surface area contributed by atoms with E-state index in [2.05, 4.69) is 18.5 Å². The minimum atomic E-state index is 0.501. The maximum Gasteiger partial charge on any atom is 0.0616 e. The number of thioether (sulfide) groups is 1. The van der Waals surface area contributed by atoms with Crippen molar-refractivity contribution in [3.8, 4) is 0 Å². The van der Waals surface area contributed by atoms with E-state index in [1.807, 2.05) is 18.7 Å². The third kappa shape index (κ3) is 4.20. The number of hydrogen-bond donors (Lipinski definition) is 1. The largest absolute Gasteiger partial charge is 0.380 e. The maximum atomic E-state index is 5.39. The van der Waals surface area contributed by atoms with E-state index in [-0.39, 0.29) is 0 Å². The van der Waals surface area contributed by atoms with E-state index in [4.69, 9.17) is 4.74 Å². The molecule has 1 aliphatic rings. The lowest BCUT2D eigenvalue weighted by atomic mass is 10.2. The summed E-state index contributed by atoms with van der Waals surface area (Å²) >= 11 is 2.01. The molecule has 84 valence electrons. The predicted molar refractivity (Wildman–Crippen MR) is 64.0 cm³/mol. The van der Waals surface area contributed by atoms with Gasteiger partial charge in [0.05, 0.1) is 6.61 Å². The molecule has 0 bridgehead atoms. The summed E-state index contributed by atoms with van der Waals surface area (Å²) in [4.78, 5) is 0. The second-order valence-corrected chi connectivity index (χ2v) is 5.23. The first kappa shape index (κ1) is 12.3. The fourth-order valence-corrected chi connectivity index (χ4v) is 2.85. The van der Waals surface area contributed by atoms with Crippen LogP contribution in [0.5, 0.6) is 0 Å². The van der Waals surface area contributed by atoms with E-state index in [9.17, 15) is 0 Å². The van der Waals surface area contributed by atoms with Crippen LogP contribution in [-0.2, 0) is 4.74 Å². The number of rotatable bonds is 6. The van der Waals surface area contributed by atoms with Gasteiger partial charge in [-0.25, -0.2) is 0 Å². The minimum Gasteiger partial charge on any atom is -0.380 e. The highest BCUT2D eigenvalue weighted by Gasteiger charge is 2.24. The molecule has 3 heteroatoms. The van der Waals surface area contributed by atoms with Crippen LogP contribution < -0.4 is 5.32 Å². The molecule has 0 radical (unpaired) electrons. The van der Waals surface area contributed by atoms with Crippen LogP contribution in [0.3, 0.4) is 0 Å². The Hall–Kier alpha value is 0.270. The van der Waals surface area contributed by atoms with Crippen molar-refractivity contribution in [2.45, 2.75) is 50.4 Å². The van der Waals surface area contributed by atoms with Gasteiger partial charge < -0.3 is 10.1 Å². The van der Waals surface area contributed by atoms with Crippen LogP contribution in [0, 0.1) is 0 Å². The molecule has 3 unspecified atom stereocenters. The van der Waals surface area contributed by atoms with Crippen molar-refractivity contribution >= 4 is 11.8 Å². The summed E-state index contributed by atoms with van der Waals surface area (Å²) in [5.74, 6) is 0. The van der Waals surface area contributed by atoms with Gasteiger partial charge >= 0.3 is 0 Å². The van der Waals surface area contributed by atoms with E-state index in [0.29, 0.717) is 6.04 Å². The first-order valence-corrected chi connectivity index (χ1v) is 6.91. The van der Waals surface area contributed by atoms with Crippen LogP contribution in [-0.4, -0.2) is 36.8 Å². The van der Waals surface area contributed by atoms with Crippen molar-refractivity contribution < 1.29 is 4.74 Å². The molecule has 1 N–H and O–H groups in total. The molecule has 1 aliphatic carbocycles. The Balaban J connectivity index is 2.12. The molecule has 1 fully saturated rings. The van der Waals surface area contributed by atoms with Crippen molar-refractivity contribution in [2.75, 3.05) is 19.5 Å². The zero-order chi connectivity index (χ0) is 10.4. The lowest BCUT2D eigenvalue weighted by Crippen LogP contribution is -2.38. The maximum absolute atomic E-state index is 5.39. The molecule has 3 atom stereocenters. The summed E-state index contributed by atoms with van der Waals surface area (Å²) < 4.78 is 5.39. The summed E-state index contributed by atoms with van der Waals surface area (Å²) in [5.41, 5.74) is 0. The second-order valence-electron chi connectivity index (χ2n) is 4.09. The Morgan fingerprint density at radius 3 is 2.86 bits per heavy atom. The Morgan fingerprint density at radius 2 is 2.29 bits per heavy atom. The topological polar surface area (TPSA) is 21.3 Å². The second kappa shape index (κ2) is 6.70. The van der Waals surface area contributed by atoms with E-state index in [1.54, 1.807) is 0 Å². The van der Waals surface area contributed by atoms with Crippen molar-refractivity contribution in [3.05, 3.63) is 0 Å². The molecular formula is C11H23NOS. The highest BCUT2D eigenvalue weighted by Crippen LogP contribution is 2.28. The van der Waals surface area contributed by atoms with Crippen LogP contribution >= 0.6 is 11.8 Å². The molecule has 0 aromatic rings. The predicted octanol–water partition coefficient (Wildman–Crippen LogP) is 2.29. The first-order valence-electron chi connectivity index (χ1n) is 5.62. The first-order chi connectivity index (χ1) is 6.76. The highest BCUT2D eigenvalue weighted by molar-refractivity contribution is 7.99. The molecule has 0 spiro atoms. The summed E-state index contributed by atoms with van der Waals surface area (Å²) in [6.45, 7) is 5.93. The molecule has 1 rings (SSSR count). The highest BCUT2D eigenvalue weighted by atomic mass is 32.2. The summed E-state index contributed by atoms with van der Waals surface area (Å²) in [6, 6.07) is 1.23. The molecule has 14 heavy (non-hydrogen) atoms. The van der Waals surface area contributed by atoms with Crippen molar-refractivity contribution in [2.24, 2.45) is 0 Å². The molecule has 0 heterocycles. The van der Waals surface area contributed by atoms with Gasteiger partial charge in [0.25, 0.3) is 0 Å². The van der Waals surface area contributed by atoms with Crippen molar-refractivity contribution in [1.82, 2.24) is 5.32 Å². The van der Waals surface area contributed by atoms with E-state index in [0.717, 1.165) is 24.5 Å². The molecular weight excluding hydrogens is 194 g/mol. The molecule has 1 saturated carbocycles. The van der Waals surface area contributed by atoms with Crippen molar-refractivity contribution in [1.29, 1.82) is 0 Å². The molecule has 0 aromatic heterocycles. The summed E-state index contributed by atoms with van der Waals surface area (Å²) in [7, 11) is 0. The van der Waals surface area contributed by atoms with Crippen molar-refractivity contribution in [3.63, 3.8) is 0 Å². The van der Waals surface area contributed by atoms with E-state index in [1.165, 1.54) is 19.3 Å².